The highest BCUT2D eigenvalue weighted by Gasteiger charge is 2.25. The van der Waals surface area contributed by atoms with E-state index in [1.54, 1.807) is 0 Å². The highest BCUT2D eigenvalue weighted by molar-refractivity contribution is 6.67. The molecule has 1 aromatic carbocycles. The zero-order valence-electron chi connectivity index (χ0n) is 9.38. The molecule has 0 spiro atoms. The molecule has 1 aliphatic heterocycles. The molecular formula is C13H11ClO4. The zero-order valence-corrected chi connectivity index (χ0v) is 10.1. The van der Waals surface area contributed by atoms with Crippen molar-refractivity contribution in [2.45, 2.75) is 12.7 Å². The van der Waals surface area contributed by atoms with E-state index in [-0.39, 0.29) is 18.1 Å². The first-order valence-corrected chi connectivity index (χ1v) is 5.68. The number of allylic oxidation sites excluding steroid dienone is 1. The summed E-state index contributed by atoms with van der Waals surface area (Å²) < 4.78 is 10.3. The molecule has 0 bridgehead atoms. The molecule has 0 aliphatic carbocycles. The van der Waals surface area contributed by atoms with Crippen LogP contribution in [0, 0.1) is 0 Å². The Bertz CT molecular complexity index is 493. The average molecular weight is 267 g/mol. The van der Waals surface area contributed by atoms with Crippen molar-refractivity contribution in [1.82, 2.24) is 0 Å². The van der Waals surface area contributed by atoms with Gasteiger partial charge in [-0.05, 0) is 23.2 Å². The molecule has 1 atom stereocenters. The molecule has 0 saturated heterocycles. The second-order valence-electron chi connectivity index (χ2n) is 3.63. The Morgan fingerprint density at radius 1 is 1.39 bits per heavy atom. The van der Waals surface area contributed by atoms with Gasteiger partial charge in [0.2, 0.25) is 5.76 Å². The van der Waals surface area contributed by atoms with Crippen LogP contribution in [0.5, 0.6) is 0 Å². The van der Waals surface area contributed by atoms with Gasteiger partial charge in [0, 0.05) is 0 Å². The monoisotopic (exact) mass is 266 g/mol. The number of rotatable bonds is 4. The lowest BCUT2D eigenvalue weighted by atomic mass is 10.2. The summed E-state index contributed by atoms with van der Waals surface area (Å²) >= 11 is 5.35. The molecule has 2 rings (SSSR count). The summed E-state index contributed by atoms with van der Waals surface area (Å²) in [4.78, 5) is 11.1. The van der Waals surface area contributed by atoms with Crippen molar-refractivity contribution in [1.29, 1.82) is 0 Å². The van der Waals surface area contributed by atoms with E-state index in [1.165, 1.54) is 12.3 Å². The van der Waals surface area contributed by atoms with Crippen LogP contribution in [-0.2, 0) is 20.9 Å². The number of aliphatic hydroxyl groups excluding tert-OH is 1. The first-order chi connectivity index (χ1) is 8.68. The molecule has 1 aromatic rings. The highest BCUT2D eigenvalue weighted by atomic mass is 35.5. The molecule has 1 aliphatic rings. The summed E-state index contributed by atoms with van der Waals surface area (Å²) in [7, 11) is 0. The number of ether oxygens (including phenoxy) is 2. The van der Waals surface area contributed by atoms with E-state index in [4.69, 9.17) is 21.1 Å². The molecule has 4 nitrogen and oxygen atoms in total. The summed E-state index contributed by atoms with van der Waals surface area (Å²) in [5.74, 6) is -0.149. The van der Waals surface area contributed by atoms with Crippen molar-refractivity contribution in [3.63, 3.8) is 0 Å². The molecule has 1 N–H and O–H groups in total. The van der Waals surface area contributed by atoms with Gasteiger partial charge in [-0.2, -0.15) is 0 Å². The van der Waals surface area contributed by atoms with E-state index in [0.717, 1.165) is 5.56 Å². The van der Waals surface area contributed by atoms with Crippen LogP contribution in [0.2, 0.25) is 0 Å². The Labute approximate surface area is 109 Å². The summed E-state index contributed by atoms with van der Waals surface area (Å²) in [6.45, 7) is 0.220. The van der Waals surface area contributed by atoms with Crippen molar-refractivity contribution in [3.8, 4) is 0 Å². The van der Waals surface area contributed by atoms with Gasteiger partial charge in [-0.15, -0.1) is 0 Å². The summed E-state index contributed by atoms with van der Waals surface area (Å²) in [5, 5.41) is 8.90. The predicted molar refractivity (Wildman–Crippen MR) is 65.3 cm³/mol. The van der Waals surface area contributed by atoms with Crippen molar-refractivity contribution < 1.29 is 19.4 Å². The van der Waals surface area contributed by atoms with Crippen LogP contribution in [-0.4, -0.2) is 16.5 Å². The molecule has 18 heavy (non-hydrogen) atoms. The van der Waals surface area contributed by atoms with Crippen molar-refractivity contribution in [2.75, 3.05) is 0 Å². The standard InChI is InChI=1S/C13H11ClO4/c14-13(16)12-11(10(15)6-7-17-12)18-8-9-4-2-1-3-5-9/h1-7,10,15H,8H2. The zero-order chi connectivity index (χ0) is 13.0. The molecule has 0 saturated carbocycles. The third-order valence-electron chi connectivity index (χ3n) is 2.35. The van der Waals surface area contributed by atoms with Gasteiger partial charge in [0.25, 0.3) is 5.24 Å². The Balaban J connectivity index is 2.12. The quantitative estimate of drug-likeness (QED) is 0.848. The maximum absolute atomic E-state index is 11.1. The minimum Gasteiger partial charge on any atom is -0.486 e. The lowest BCUT2D eigenvalue weighted by molar-refractivity contribution is -0.111. The smallest absolute Gasteiger partial charge is 0.291 e. The average Bonchev–Trinajstić information content (AvgIpc) is 2.38. The Kier molecular flexibility index (Phi) is 4.02. The van der Waals surface area contributed by atoms with Crippen molar-refractivity contribution in [3.05, 3.63) is 59.8 Å². The summed E-state index contributed by atoms with van der Waals surface area (Å²) in [6.07, 6.45) is 1.54. The van der Waals surface area contributed by atoms with Crippen molar-refractivity contribution in [2.24, 2.45) is 0 Å². The number of aliphatic hydroxyl groups is 1. The molecule has 1 heterocycles. The van der Waals surface area contributed by atoms with Crippen LogP contribution in [0.25, 0.3) is 0 Å². The van der Waals surface area contributed by atoms with Gasteiger partial charge >= 0.3 is 0 Å². The fraction of sp³-hybridized carbons (Fsp3) is 0.154. The summed E-state index contributed by atoms with van der Waals surface area (Å²) in [5.41, 5.74) is 0.910. The van der Waals surface area contributed by atoms with Crippen LogP contribution in [0.1, 0.15) is 5.56 Å². The van der Waals surface area contributed by atoms with Gasteiger partial charge in [0.1, 0.15) is 12.7 Å². The number of hydrogen-bond acceptors (Lipinski definition) is 4. The molecule has 0 fully saturated rings. The second kappa shape index (κ2) is 5.71. The highest BCUT2D eigenvalue weighted by Crippen LogP contribution is 2.22. The summed E-state index contributed by atoms with van der Waals surface area (Å²) in [6, 6.07) is 9.36. The first-order valence-electron chi connectivity index (χ1n) is 5.30. The molecule has 0 amide bonds. The van der Waals surface area contributed by atoms with E-state index in [2.05, 4.69) is 0 Å². The molecule has 5 heteroatoms. The topological polar surface area (TPSA) is 55.8 Å². The maximum atomic E-state index is 11.1. The number of carbonyl (C=O) groups excluding carboxylic acids is 1. The van der Waals surface area contributed by atoms with E-state index in [9.17, 15) is 9.90 Å². The maximum Gasteiger partial charge on any atom is 0.291 e. The fourth-order valence-electron chi connectivity index (χ4n) is 1.49. The third-order valence-corrected chi connectivity index (χ3v) is 2.53. The SMILES string of the molecule is O=C(Cl)C1=C(OCc2ccccc2)C(O)C=CO1. The third kappa shape index (κ3) is 2.91. The molecule has 0 aromatic heterocycles. The van der Waals surface area contributed by atoms with Crippen LogP contribution >= 0.6 is 11.6 Å². The Morgan fingerprint density at radius 2 is 2.11 bits per heavy atom. The van der Waals surface area contributed by atoms with Crippen LogP contribution in [0.4, 0.5) is 0 Å². The van der Waals surface area contributed by atoms with E-state index < -0.39 is 11.3 Å². The van der Waals surface area contributed by atoms with E-state index in [1.807, 2.05) is 30.3 Å². The first kappa shape index (κ1) is 12.7. The van der Waals surface area contributed by atoms with Gasteiger partial charge in [0.05, 0.1) is 6.26 Å². The Hall–Kier alpha value is -1.78. The molecule has 1 unspecified atom stereocenters. The minimum atomic E-state index is -1.03. The van der Waals surface area contributed by atoms with Gasteiger partial charge < -0.3 is 14.6 Å². The fourth-order valence-corrected chi connectivity index (χ4v) is 1.63. The van der Waals surface area contributed by atoms with Gasteiger partial charge in [-0.25, -0.2) is 0 Å². The second-order valence-corrected chi connectivity index (χ2v) is 3.98. The predicted octanol–water partition coefficient (Wildman–Crippen LogP) is 2.08. The lowest BCUT2D eigenvalue weighted by Crippen LogP contribution is -2.19. The van der Waals surface area contributed by atoms with E-state index >= 15 is 0 Å². The largest absolute Gasteiger partial charge is 0.486 e. The number of halogens is 1. The Morgan fingerprint density at radius 3 is 2.78 bits per heavy atom. The lowest BCUT2D eigenvalue weighted by Gasteiger charge is -2.19. The number of carbonyl (C=O) groups is 1. The number of benzene rings is 1. The normalized spacial score (nSPS) is 18.4. The van der Waals surface area contributed by atoms with Gasteiger partial charge in [0.15, 0.2) is 5.76 Å². The minimum absolute atomic E-state index is 0.0290. The molecule has 0 radical (unpaired) electrons. The number of hydrogen-bond donors (Lipinski definition) is 1. The van der Waals surface area contributed by atoms with Crippen LogP contribution in [0.15, 0.2) is 54.2 Å². The molecular weight excluding hydrogens is 256 g/mol. The van der Waals surface area contributed by atoms with Crippen LogP contribution < -0.4 is 0 Å². The van der Waals surface area contributed by atoms with Crippen molar-refractivity contribution >= 4 is 16.8 Å². The van der Waals surface area contributed by atoms with Gasteiger partial charge in [-0.3, -0.25) is 4.79 Å². The molecule has 94 valence electrons. The van der Waals surface area contributed by atoms with Gasteiger partial charge in [-0.1, -0.05) is 30.3 Å². The van der Waals surface area contributed by atoms with E-state index in [0.29, 0.717) is 0 Å². The van der Waals surface area contributed by atoms with Crippen LogP contribution in [0.3, 0.4) is 0 Å².